The number of aliphatic hydroxyl groups is 1. The van der Waals surface area contributed by atoms with Crippen LogP contribution < -0.4 is 5.32 Å². The first-order chi connectivity index (χ1) is 6.76. The summed E-state index contributed by atoms with van der Waals surface area (Å²) in [6.07, 6.45) is 1.01. The lowest BCUT2D eigenvalue weighted by atomic mass is 10.1. The molecule has 2 atom stereocenters. The van der Waals surface area contributed by atoms with Crippen LogP contribution in [-0.2, 0) is 4.74 Å². The van der Waals surface area contributed by atoms with E-state index in [2.05, 4.69) is 11.9 Å². The van der Waals surface area contributed by atoms with Gasteiger partial charge in [-0.15, -0.1) is 6.58 Å². The van der Waals surface area contributed by atoms with Gasteiger partial charge >= 0.3 is 6.09 Å². The molecule has 0 aromatic carbocycles. The van der Waals surface area contributed by atoms with E-state index in [1.54, 1.807) is 33.8 Å². The zero-order chi connectivity index (χ0) is 12.1. The lowest BCUT2D eigenvalue weighted by Crippen LogP contribution is -2.44. The van der Waals surface area contributed by atoms with Gasteiger partial charge in [0.2, 0.25) is 0 Å². The third-order valence-corrected chi connectivity index (χ3v) is 1.71. The molecule has 0 aliphatic rings. The monoisotopic (exact) mass is 215 g/mol. The van der Waals surface area contributed by atoms with Gasteiger partial charge in [0.1, 0.15) is 5.60 Å². The Balaban J connectivity index is 4.17. The topological polar surface area (TPSA) is 58.6 Å². The van der Waals surface area contributed by atoms with E-state index in [0.29, 0.717) is 6.42 Å². The second kappa shape index (κ2) is 5.75. The highest BCUT2D eigenvalue weighted by atomic mass is 16.6. The summed E-state index contributed by atoms with van der Waals surface area (Å²) in [7, 11) is 0. The van der Waals surface area contributed by atoms with Crippen molar-refractivity contribution in [3.8, 4) is 0 Å². The summed E-state index contributed by atoms with van der Waals surface area (Å²) >= 11 is 0. The predicted molar refractivity (Wildman–Crippen MR) is 59.7 cm³/mol. The molecule has 0 aliphatic heterocycles. The number of hydrogen-bond acceptors (Lipinski definition) is 3. The molecule has 0 aromatic rings. The molecular formula is C11H21NO3. The van der Waals surface area contributed by atoms with Crippen molar-refractivity contribution in [1.29, 1.82) is 0 Å². The van der Waals surface area contributed by atoms with Gasteiger partial charge in [-0.25, -0.2) is 4.79 Å². The van der Waals surface area contributed by atoms with Gasteiger partial charge in [-0.2, -0.15) is 0 Å². The second-order valence-electron chi connectivity index (χ2n) is 4.52. The maximum atomic E-state index is 11.4. The summed E-state index contributed by atoms with van der Waals surface area (Å²) in [5, 5.41) is 12.0. The molecule has 88 valence electrons. The van der Waals surface area contributed by atoms with Crippen LogP contribution in [0.3, 0.4) is 0 Å². The van der Waals surface area contributed by atoms with Gasteiger partial charge in [0.25, 0.3) is 0 Å². The number of rotatable bonds is 4. The van der Waals surface area contributed by atoms with Crippen molar-refractivity contribution in [3.63, 3.8) is 0 Å². The van der Waals surface area contributed by atoms with Crippen LogP contribution >= 0.6 is 0 Å². The van der Waals surface area contributed by atoms with Crippen molar-refractivity contribution < 1.29 is 14.6 Å². The molecule has 0 saturated heterocycles. The van der Waals surface area contributed by atoms with E-state index < -0.39 is 17.8 Å². The minimum Gasteiger partial charge on any atom is -0.444 e. The van der Waals surface area contributed by atoms with E-state index in [1.807, 2.05) is 0 Å². The number of hydrogen-bond donors (Lipinski definition) is 2. The predicted octanol–water partition coefficient (Wildman–Crippen LogP) is 1.84. The molecule has 0 unspecified atom stereocenters. The zero-order valence-electron chi connectivity index (χ0n) is 9.91. The van der Waals surface area contributed by atoms with Crippen LogP contribution in [0.2, 0.25) is 0 Å². The Bertz CT molecular complexity index is 218. The minimum absolute atomic E-state index is 0.350. The van der Waals surface area contributed by atoms with Crippen LogP contribution in [0.5, 0.6) is 0 Å². The lowest BCUT2D eigenvalue weighted by molar-refractivity contribution is 0.0439. The quantitative estimate of drug-likeness (QED) is 0.703. The van der Waals surface area contributed by atoms with Crippen LogP contribution in [0.15, 0.2) is 12.7 Å². The largest absolute Gasteiger partial charge is 0.444 e. The smallest absolute Gasteiger partial charge is 0.407 e. The Labute approximate surface area is 91.3 Å². The highest BCUT2D eigenvalue weighted by molar-refractivity contribution is 5.68. The molecule has 0 spiro atoms. The second-order valence-corrected chi connectivity index (χ2v) is 4.52. The molecule has 15 heavy (non-hydrogen) atoms. The molecule has 0 saturated carbocycles. The van der Waals surface area contributed by atoms with Gasteiger partial charge in [0.05, 0.1) is 12.1 Å². The number of nitrogens with one attached hydrogen (secondary N) is 1. The van der Waals surface area contributed by atoms with Crippen LogP contribution in [0.25, 0.3) is 0 Å². The minimum atomic E-state index is -0.629. The SMILES string of the molecule is C=CC[C@@H](NC(=O)OC(C)(C)C)[C@H](C)O. The Morgan fingerprint density at radius 3 is 2.47 bits per heavy atom. The fourth-order valence-corrected chi connectivity index (χ4v) is 1.01. The van der Waals surface area contributed by atoms with Crippen molar-refractivity contribution in [2.45, 2.75) is 51.9 Å². The average Bonchev–Trinajstić information content (AvgIpc) is 1.99. The highest BCUT2D eigenvalue weighted by Gasteiger charge is 2.21. The molecule has 0 radical (unpaired) electrons. The fraction of sp³-hybridized carbons (Fsp3) is 0.727. The van der Waals surface area contributed by atoms with Crippen molar-refractivity contribution >= 4 is 6.09 Å². The summed E-state index contributed by atoms with van der Waals surface area (Å²) in [4.78, 5) is 11.4. The molecule has 0 fully saturated rings. The molecule has 2 N–H and O–H groups in total. The number of carbonyl (C=O) groups excluding carboxylic acids is 1. The summed E-state index contributed by atoms with van der Waals surface area (Å²) in [6.45, 7) is 10.5. The summed E-state index contributed by atoms with van der Waals surface area (Å²) in [5.74, 6) is 0. The number of alkyl carbamates (subject to hydrolysis) is 1. The summed E-state index contributed by atoms with van der Waals surface area (Å²) < 4.78 is 5.07. The number of ether oxygens (including phenoxy) is 1. The zero-order valence-corrected chi connectivity index (χ0v) is 9.91. The number of amides is 1. The van der Waals surface area contributed by atoms with Gasteiger partial charge in [-0.05, 0) is 34.1 Å². The van der Waals surface area contributed by atoms with Gasteiger partial charge in [0, 0.05) is 0 Å². The number of aliphatic hydroxyl groups excluding tert-OH is 1. The molecule has 0 bridgehead atoms. The first kappa shape index (κ1) is 14.0. The molecule has 4 heteroatoms. The van der Waals surface area contributed by atoms with E-state index in [9.17, 15) is 9.90 Å². The molecule has 4 nitrogen and oxygen atoms in total. The fourth-order valence-electron chi connectivity index (χ4n) is 1.01. The normalized spacial score (nSPS) is 15.3. The Morgan fingerprint density at radius 2 is 2.13 bits per heavy atom. The Kier molecular flexibility index (Phi) is 5.36. The summed E-state index contributed by atoms with van der Waals surface area (Å²) in [6, 6.07) is -0.350. The van der Waals surface area contributed by atoms with E-state index in [4.69, 9.17) is 4.74 Å². The highest BCUT2D eigenvalue weighted by Crippen LogP contribution is 2.08. The summed E-state index contributed by atoms with van der Waals surface area (Å²) in [5.41, 5.74) is -0.526. The standard InChI is InChI=1S/C11H21NO3/c1-6-7-9(8(2)13)12-10(14)15-11(3,4)5/h6,8-9,13H,1,7H2,2-5H3,(H,12,14)/t8-,9+/m0/s1. The third-order valence-electron chi connectivity index (χ3n) is 1.71. The van der Waals surface area contributed by atoms with E-state index in [0.717, 1.165) is 0 Å². The van der Waals surface area contributed by atoms with E-state index >= 15 is 0 Å². The number of carbonyl (C=O) groups is 1. The van der Waals surface area contributed by atoms with Gasteiger partial charge < -0.3 is 15.2 Å². The van der Waals surface area contributed by atoms with Gasteiger partial charge in [-0.1, -0.05) is 6.08 Å². The average molecular weight is 215 g/mol. The van der Waals surface area contributed by atoms with Crippen molar-refractivity contribution in [2.24, 2.45) is 0 Å². The maximum Gasteiger partial charge on any atom is 0.407 e. The third kappa shape index (κ3) is 6.96. The molecule has 1 amide bonds. The van der Waals surface area contributed by atoms with Crippen LogP contribution in [0, 0.1) is 0 Å². The van der Waals surface area contributed by atoms with Crippen molar-refractivity contribution in [1.82, 2.24) is 5.32 Å². The first-order valence-electron chi connectivity index (χ1n) is 5.04. The van der Waals surface area contributed by atoms with Crippen molar-refractivity contribution in [2.75, 3.05) is 0 Å². The molecular weight excluding hydrogens is 194 g/mol. The lowest BCUT2D eigenvalue weighted by Gasteiger charge is -2.24. The van der Waals surface area contributed by atoms with Crippen molar-refractivity contribution in [3.05, 3.63) is 12.7 Å². The van der Waals surface area contributed by atoms with Crippen LogP contribution in [0.1, 0.15) is 34.1 Å². The Morgan fingerprint density at radius 1 is 1.60 bits per heavy atom. The van der Waals surface area contributed by atoms with E-state index in [-0.39, 0.29) is 6.04 Å². The molecule has 0 aromatic heterocycles. The first-order valence-corrected chi connectivity index (χ1v) is 5.04. The molecule has 0 heterocycles. The Hall–Kier alpha value is -1.03. The van der Waals surface area contributed by atoms with Crippen LogP contribution in [0.4, 0.5) is 4.79 Å². The van der Waals surface area contributed by atoms with E-state index in [1.165, 1.54) is 0 Å². The van der Waals surface area contributed by atoms with Crippen LogP contribution in [-0.4, -0.2) is 28.9 Å². The molecule has 0 rings (SSSR count). The maximum absolute atomic E-state index is 11.4. The van der Waals surface area contributed by atoms with Gasteiger partial charge in [-0.3, -0.25) is 0 Å². The molecule has 0 aliphatic carbocycles. The van der Waals surface area contributed by atoms with Gasteiger partial charge in [0.15, 0.2) is 0 Å².